The lowest BCUT2D eigenvalue weighted by molar-refractivity contribution is -0.137. The summed E-state index contributed by atoms with van der Waals surface area (Å²) in [7, 11) is 0. The van der Waals surface area contributed by atoms with Crippen molar-refractivity contribution in [2.75, 3.05) is 13.1 Å². The summed E-state index contributed by atoms with van der Waals surface area (Å²) < 4.78 is 0. The van der Waals surface area contributed by atoms with Crippen molar-refractivity contribution in [3.05, 3.63) is 0 Å². The summed E-state index contributed by atoms with van der Waals surface area (Å²) in [6, 6.07) is -1.25. The molecule has 1 heterocycles. The molecule has 3 N–H and O–H groups in total. The van der Waals surface area contributed by atoms with Crippen LogP contribution in [0.1, 0.15) is 52.9 Å². The third kappa shape index (κ3) is 3.93. The zero-order chi connectivity index (χ0) is 18.6. The Morgan fingerprint density at radius 2 is 2.08 bits per heavy atom. The predicted molar refractivity (Wildman–Crippen MR) is 91.5 cm³/mol. The quantitative estimate of drug-likeness (QED) is 0.606. The Bertz CT molecular complexity index is 565. The molecule has 0 aromatic heterocycles. The molecule has 2 rings (SSSR count). The highest BCUT2D eigenvalue weighted by Gasteiger charge is 2.55. The van der Waals surface area contributed by atoms with Crippen LogP contribution in [0.5, 0.6) is 0 Å². The van der Waals surface area contributed by atoms with E-state index in [9.17, 15) is 19.2 Å². The second-order valence-electron chi connectivity index (χ2n) is 7.02. The van der Waals surface area contributed by atoms with E-state index in [-0.39, 0.29) is 24.3 Å². The Morgan fingerprint density at radius 3 is 2.72 bits per heavy atom. The molecule has 0 bridgehead atoms. The average molecular weight is 352 g/mol. The van der Waals surface area contributed by atoms with Crippen LogP contribution in [0.3, 0.4) is 0 Å². The second kappa shape index (κ2) is 7.84. The van der Waals surface area contributed by atoms with Crippen LogP contribution in [0.25, 0.3) is 0 Å². The van der Waals surface area contributed by atoms with Gasteiger partial charge in [-0.1, -0.05) is 26.7 Å². The van der Waals surface area contributed by atoms with Gasteiger partial charge >= 0.3 is 6.03 Å². The molecular formula is C17H28N4O4. The zero-order valence-electron chi connectivity index (χ0n) is 15.2. The number of rotatable bonds is 6. The molecule has 25 heavy (non-hydrogen) atoms. The van der Waals surface area contributed by atoms with Crippen LogP contribution in [0.15, 0.2) is 0 Å². The van der Waals surface area contributed by atoms with Gasteiger partial charge < -0.3 is 16.0 Å². The molecule has 0 aromatic rings. The number of hydrogen-bond acceptors (Lipinski definition) is 4. The summed E-state index contributed by atoms with van der Waals surface area (Å²) in [6.07, 6.45) is 4.20. The topological polar surface area (TPSA) is 108 Å². The lowest BCUT2D eigenvalue weighted by atomic mass is 9.73. The van der Waals surface area contributed by atoms with Gasteiger partial charge in [-0.2, -0.15) is 0 Å². The van der Waals surface area contributed by atoms with E-state index < -0.39 is 23.5 Å². The van der Waals surface area contributed by atoms with E-state index in [0.717, 1.165) is 30.6 Å². The van der Waals surface area contributed by atoms with Gasteiger partial charge in [0.25, 0.3) is 5.91 Å². The number of hydrogen-bond donors (Lipinski definition) is 3. The van der Waals surface area contributed by atoms with E-state index in [4.69, 9.17) is 0 Å². The normalized spacial score (nSPS) is 27.2. The molecule has 1 spiro atoms. The molecule has 1 saturated heterocycles. The molecule has 2 aliphatic rings. The van der Waals surface area contributed by atoms with Crippen molar-refractivity contribution >= 4 is 23.8 Å². The van der Waals surface area contributed by atoms with Gasteiger partial charge in [0.15, 0.2) is 0 Å². The van der Waals surface area contributed by atoms with Gasteiger partial charge in [0.05, 0.1) is 0 Å². The number of imide groups is 1. The fourth-order valence-corrected chi connectivity index (χ4v) is 3.54. The zero-order valence-corrected chi connectivity index (χ0v) is 15.2. The van der Waals surface area contributed by atoms with Crippen LogP contribution >= 0.6 is 0 Å². The number of nitrogens with one attached hydrogen (secondary N) is 3. The molecular weight excluding hydrogens is 324 g/mol. The van der Waals surface area contributed by atoms with Gasteiger partial charge in [-0.3, -0.25) is 19.3 Å². The van der Waals surface area contributed by atoms with Gasteiger partial charge in [0.1, 0.15) is 18.1 Å². The first-order valence-electron chi connectivity index (χ1n) is 9.03. The number of urea groups is 1. The SMILES string of the molecule is CCCNC(=O)[C@@H](C)NC(=O)CN1C(=O)N[C@]2(CCCC[C@@H]2C)C1=O. The first-order valence-corrected chi connectivity index (χ1v) is 9.03. The minimum Gasteiger partial charge on any atom is -0.354 e. The van der Waals surface area contributed by atoms with Crippen molar-refractivity contribution in [2.24, 2.45) is 5.92 Å². The smallest absolute Gasteiger partial charge is 0.325 e. The molecule has 140 valence electrons. The van der Waals surface area contributed by atoms with Crippen LogP contribution in [0.2, 0.25) is 0 Å². The van der Waals surface area contributed by atoms with Gasteiger partial charge in [0, 0.05) is 6.54 Å². The van der Waals surface area contributed by atoms with Crippen molar-refractivity contribution in [1.29, 1.82) is 0 Å². The van der Waals surface area contributed by atoms with Crippen molar-refractivity contribution in [3.63, 3.8) is 0 Å². The maximum Gasteiger partial charge on any atom is 0.325 e. The molecule has 0 unspecified atom stereocenters. The largest absolute Gasteiger partial charge is 0.354 e. The van der Waals surface area contributed by atoms with Crippen molar-refractivity contribution < 1.29 is 19.2 Å². The summed E-state index contributed by atoms with van der Waals surface area (Å²) in [4.78, 5) is 50.0. The molecule has 1 saturated carbocycles. The van der Waals surface area contributed by atoms with E-state index in [1.807, 2.05) is 13.8 Å². The summed E-state index contributed by atoms with van der Waals surface area (Å²) in [5, 5.41) is 8.03. The second-order valence-corrected chi connectivity index (χ2v) is 7.02. The highest BCUT2D eigenvalue weighted by Crippen LogP contribution is 2.38. The highest BCUT2D eigenvalue weighted by molar-refractivity contribution is 6.09. The average Bonchev–Trinajstić information content (AvgIpc) is 2.80. The Hall–Kier alpha value is -2.12. The van der Waals surface area contributed by atoms with Gasteiger partial charge in [-0.25, -0.2) is 4.79 Å². The van der Waals surface area contributed by atoms with Crippen molar-refractivity contribution in [3.8, 4) is 0 Å². The fourth-order valence-electron chi connectivity index (χ4n) is 3.54. The lowest BCUT2D eigenvalue weighted by Gasteiger charge is -2.36. The minimum atomic E-state index is -0.875. The first kappa shape index (κ1) is 19.2. The Kier molecular flexibility index (Phi) is 6.02. The van der Waals surface area contributed by atoms with Crippen LogP contribution < -0.4 is 16.0 Å². The third-order valence-electron chi connectivity index (χ3n) is 5.12. The molecule has 8 heteroatoms. The Morgan fingerprint density at radius 1 is 1.36 bits per heavy atom. The number of nitrogens with zero attached hydrogens (tertiary/aromatic N) is 1. The monoisotopic (exact) mass is 352 g/mol. The fraction of sp³-hybridized carbons (Fsp3) is 0.765. The third-order valence-corrected chi connectivity index (χ3v) is 5.12. The van der Waals surface area contributed by atoms with Crippen LogP contribution in [0.4, 0.5) is 4.79 Å². The van der Waals surface area contributed by atoms with E-state index in [2.05, 4.69) is 16.0 Å². The van der Waals surface area contributed by atoms with Crippen LogP contribution in [-0.4, -0.2) is 53.3 Å². The molecule has 5 amide bonds. The maximum absolute atomic E-state index is 12.8. The van der Waals surface area contributed by atoms with E-state index >= 15 is 0 Å². The van der Waals surface area contributed by atoms with E-state index in [1.165, 1.54) is 0 Å². The highest BCUT2D eigenvalue weighted by atomic mass is 16.2. The van der Waals surface area contributed by atoms with Gasteiger partial charge in [-0.15, -0.1) is 0 Å². The summed E-state index contributed by atoms with van der Waals surface area (Å²) in [6.45, 7) is 5.63. The molecule has 3 atom stereocenters. The Balaban J connectivity index is 1.95. The van der Waals surface area contributed by atoms with Crippen LogP contribution in [0, 0.1) is 5.92 Å². The van der Waals surface area contributed by atoms with E-state index in [0.29, 0.717) is 13.0 Å². The van der Waals surface area contributed by atoms with Crippen molar-refractivity contribution in [1.82, 2.24) is 20.9 Å². The maximum atomic E-state index is 12.8. The van der Waals surface area contributed by atoms with E-state index in [1.54, 1.807) is 6.92 Å². The number of carbonyl (C=O) groups excluding carboxylic acids is 4. The molecule has 1 aliphatic heterocycles. The standard InChI is InChI=1S/C17H28N4O4/c1-4-9-18-14(23)12(3)19-13(22)10-21-15(24)17(20-16(21)25)8-6-5-7-11(17)2/h11-12H,4-10H2,1-3H3,(H,18,23)(H,19,22)(H,20,25)/t11-,12+,17-/m0/s1. The number of amides is 5. The van der Waals surface area contributed by atoms with Gasteiger partial charge in [0.2, 0.25) is 11.8 Å². The summed E-state index contributed by atoms with van der Waals surface area (Å²) in [5.41, 5.74) is -0.875. The molecule has 1 aliphatic carbocycles. The minimum absolute atomic E-state index is 0.0458. The van der Waals surface area contributed by atoms with Crippen LogP contribution in [-0.2, 0) is 14.4 Å². The molecule has 8 nitrogen and oxygen atoms in total. The summed E-state index contributed by atoms with van der Waals surface area (Å²) in [5.74, 6) is -1.10. The van der Waals surface area contributed by atoms with Gasteiger partial charge in [-0.05, 0) is 32.1 Å². The Labute approximate surface area is 148 Å². The predicted octanol–water partition coefficient (Wildman–Crippen LogP) is 0.518. The lowest BCUT2D eigenvalue weighted by Crippen LogP contribution is -2.54. The molecule has 2 fully saturated rings. The molecule has 0 radical (unpaired) electrons. The first-order chi connectivity index (χ1) is 11.8. The number of carbonyl (C=O) groups is 4. The summed E-state index contributed by atoms with van der Waals surface area (Å²) >= 11 is 0. The molecule has 0 aromatic carbocycles. The van der Waals surface area contributed by atoms with Crippen molar-refractivity contribution in [2.45, 2.75) is 64.5 Å².